The van der Waals surface area contributed by atoms with E-state index in [2.05, 4.69) is 35.5 Å². The minimum absolute atomic E-state index is 0.0862. The molecule has 344 valence electrons. The number of benzene rings is 2. The maximum Gasteiger partial charge on any atom is 0.333 e. The Morgan fingerprint density at radius 3 is 1.55 bits per heavy atom. The lowest BCUT2D eigenvalue weighted by molar-refractivity contribution is 0.256. The minimum atomic E-state index is -4.25. The van der Waals surface area contributed by atoms with Crippen LogP contribution in [0.5, 0.6) is 0 Å². The zero-order valence-electron chi connectivity index (χ0n) is 37.2. The summed E-state index contributed by atoms with van der Waals surface area (Å²) in [6.45, 7) is 8.73. The predicted molar refractivity (Wildman–Crippen MR) is 239 cm³/mol. The number of aryl methyl sites for hydroxylation is 2. The van der Waals surface area contributed by atoms with Crippen LogP contribution in [0.15, 0.2) is 83.9 Å². The molecule has 2 aromatic carbocycles. The van der Waals surface area contributed by atoms with Crippen LogP contribution >= 0.6 is 0 Å². The number of nitrogens with two attached hydrogens (primary N) is 2. The summed E-state index contributed by atoms with van der Waals surface area (Å²) < 4.78 is 80.3. The monoisotopic (exact) mass is 924 g/mol. The van der Waals surface area contributed by atoms with E-state index in [1.165, 1.54) is 70.8 Å². The first kappa shape index (κ1) is 50.4. The summed E-state index contributed by atoms with van der Waals surface area (Å²) in [4.78, 5) is 32.3. The summed E-state index contributed by atoms with van der Waals surface area (Å²) in [5.41, 5.74) is 11.9. The fourth-order valence-corrected chi connectivity index (χ4v) is 7.62. The van der Waals surface area contributed by atoms with Crippen molar-refractivity contribution in [3.05, 3.63) is 108 Å². The summed E-state index contributed by atoms with van der Waals surface area (Å²) >= 11 is 0. The van der Waals surface area contributed by atoms with E-state index in [1.807, 2.05) is 70.4 Å². The molecule has 0 bridgehead atoms. The van der Waals surface area contributed by atoms with Crippen LogP contribution in [-0.4, -0.2) is 100 Å². The molecule has 4 heterocycles. The van der Waals surface area contributed by atoms with E-state index in [0.29, 0.717) is 46.7 Å². The summed E-state index contributed by atoms with van der Waals surface area (Å²) in [5.74, 6) is -0.783. The van der Waals surface area contributed by atoms with Gasteiger partial charge in [0.25, 0.3) is 20.0 Å². The Bertz CT molecular complexity index is 2770. The predicted octanol–water partition coefficient (Wildman–Crippen LogP) is 4.83. The molecule has 6 N–H and O–H groups in total. The van der Waals surface area contributed by atoms with Gasteiger partial charge in [-0.3, -0.25) is 9.36 Å². The van der Waals surface area contributed by atoms with Gasteiger partial charge in [0.15, 0.2) is 10.1 Å². The number of sulfonamides is 2. The van der Waals surface area contributed by atoms with Crippen LogP contribution in [0.25, 0.3) is 22.3 Å². The lowest BCUT2D eigenvalue weighted by Gasteiger charge is -2.18. The number of anilines is 2. The van der Waals surface area contributed by atoms with E-state index in [0.717, 1.165) is 16.8 Å². The van der Waals surface area contributed by atoms with Gasteiger partial charge in [0.05, 0.1) is 17.1 Å². The molecule has 0 aliphatic heterocycles. The van der Waals surface area contributed by atoms with Gasteiger partial charge >= 0.3 is 6.03 Å². The molecule has 19 nitrogen and oxygen atoms in total. The van der Waals surface area contributed by atoms with Gasteiger partial charge in [-0.2, -0.15) is 18.6 Å². The molecule has 4 aromatic heterocycles. The van der Waals surface area contributed by atoms with Crippen LogP contribution in [-0.2, 0) is 47.2 Å². The van der Waals surface area contributed by atoms with E-state index in [1.54, 1.807) is 26.5 Å². The number of hydrogen-bond donors (Lipinski definition) is 4. The SMILES string of the molecule is CC(C)c1cc(F)cc(-c2cncnc2)c1N.CC(C)c1cc(F)cc(-c2cncnc2)c1NC(=O)NS(=O)(=O)c1cc(CN(C)C)n(C)n1.CN(C)Cc1cc(S(N)(=O)=O)nn1C. The number of carbonyl (C=O) groups excluding carboxylic acids is 1. The summed E-state index contributed by atoms with van der Waals surface area (Å²) in [6.07, 6.45) is 8.97. The van der Waals surface area contributed by atoms with E-state index in [9.17, 15) is 30.4 Å². The molecule has 2 amide bonds. The zero-order chi connectivity index (χ0) is 47.7. The second kappa shape index (κ2) is 21.4. The van der Waals surface area contributed by atoms with E-state index < -0.39 is 31.9 Å². The highest BCUT2D eigenvalue weighted by Gasteiger charge is 2.25. The average molecular weight is 925 g/mol. The third-order valence-corrected chi connectivity index (χ3v) is 11.2. The fraction of sp³-hybridized carbons (Fsp3) is 0.341. The van der Waals surface area contributed by atoms with Gasteiger partial charge in [0.1, 0.15) is 24.3 Å². The third kappa shape index (κ3) is 13.6. The van der Waals surface area contributed by atoms with Crippen LogP contribution in [0.4, 0.5) is 25.0 Å². The van der Waals surface area contributed by atoms with Gasteiger partial charge in [0.2, 0.25) is 0 Å². The summed E-state index contributed by atoms with van der Waals surface area (Å²) in [6, 6.07) is 7.32. The van der Waals surface area contributed by atoms with Gasteiger partial charge in [-0.05, 0) is 75.4 Å². The minimum Gasteiger partial charge on any atom is -0.398 e. The first-order valence-electron chi connectivity index (χ1n) is 19.5. The maximum atomic E-state index is 14.3. The molecular weight excluding hydrogens is 871 g/mol. The summed E-state index contributed by atoms with van der Waals surface area (Å²) in [5, 5.41) is 15.0. The van der Waals surface area contributed by atoms with E-state index >= 15 is 0 Å². The number of nitrogen functional groups attached to an aromatic ring is 1. The van der Waals surface area contributed by atoms with Crippen LogP contribution in [0.1, 0.15) is 62.0 Å². The molecule has 0 saturated carbocycles. The Morgan fingerprint density at radius 2 is 1.11 bits per heavy atom. The molecule has 0 spiro atoms. The normalized spacial score (nSPS) is 11.6. The van der Waals surface area contributed by atoms with E-state index in [-0.39, 0.29) is 33.4 Å². The van der Waals surface area contributed by atoms with Gasteiger partial charge in [-0.15, -0.1) is 0 Å². The number of hydrogen-bond acceptors (Lipinski definition) is 14. The molecular formula is C41H54F2N14O5S2. The number of carbonyl (C=O) groups is 1. The van der Waals surface area contributed by atoms with Crippen molar-refractivity contribution in [1.29, 1.82) is 0 Å². The van der Waals surface area contributed by atoms with Crippen molar-refractivity contribution < 1.29 is 30.4 Å². The smallest absolute Gasteiger partial charge is 0.333 e. The molecule has 0 aliphatic carbocycles. The number of halogens is 2. The first-order chi connectivity index (χ1) is 29.9. The Balaban J connectivity index is 0.000000240. The molecule has 0 atom stereocenters. The number of nitrogens with one attached hydrogen (secondary N) is 2. The molecule has 64 heavy (non-hydrogen) atoms. The molecule has 0 fully saturated rings. The Hall–Kier alpha value is -6.27. The molecule has 6 rings (SSSR count). The maximum absolute atomic E-state index is 14.3. The fourth-order valence-electron chi connectivity index (χ4n) is 6.16. The van der Waals surface area contributed by atoms with Gasteiger partial charge in [0, 0.05) is 92.0 Å². The highest BCUT2D eigenvalue weighted by Crippen LogP contribution is 2.36. The number of aromatic nitrogens is 8. The third-order valence-electron chi connectivity index (χ3n) is 9.20. The van der Waals surface area contributed by atoms with Crippen LogP contribution in [0.2, 0.25) is 0 Å². The first-order valence-corrected chi connectivity index (χ1v) is 22.6. The second-order valence-electron chi connectivity index (χ2n) is 15.7. The van der Waals surface area contributed by atoms with E-state index in [4.69, 9.17) is 10.9 Å². The number of nitrogens with zero attached hydrogens (tertiary/aromatic N) is 10. The van der Waals surface area contributed by atoms with Crippen molar-refractivity contribution in [2.24, 2.45) is 19.2 Å². The standard InChI is InChI=1S/C21H26FN7O3S.C13H14FN3.C7H14N4O2S/c1-13(2)17-6-15(22)7-18(14-9-23-12-24-10-14)20(17)25-21(30)27-33(31,32)19-8-16(11-28(3)4)29(5)26-19;1-8(2)11-3-10(14)4-12(13(11)15)9-5-16-7-17-6-9;1-10(2)5-6-4-7(9-11(6)3)14(8,12)13/h6-10,12-13H,11H2,1-5H3,(H2,25,27,30);3-8H,15H2,1-2H3;4H,5H2,1-3H3,(H2,8,12,13). The molecule has 23 heteroatoms. The van der Waals surface area contributed by atoms with Gasteiger partial charge in [-0.1, -0.05) is 27.7 Å². The summed E-state index contributed by atoms with van der Waals surface area (Å²) in [7, 11) is 2.85. The van der Waals surface area contributed by atoms with Crippen molar-refractivity contribution in [2.45, 2.75) is 62.7 Å². The quantitative estimate of drug-likeness (QED) is 0.120. The molecule has 6 aromatic rings. The lowest BCUT2D eigenvalue weighted by Crippen LogP contribution is -2.35. The number of rotatable bonds is 12. The zero-order valence-corrected chi connectivity index (χ0v) is 38.9. The number of primary sulfonamides is 1. The second-order valence-corrected chi connectivity index (χ2v) is 18.9. The molecule has 0 unspecified atom stereocenters. The molecule has 0 radical (unpaired) electrons. The van der Waals surface area contributed by atoms with Crippen molar-refractivity contribution in [2.75, 3.05) is 39.2 Å². The number of amides is 2. The van der Waals surface area contributed by atoms with Gasteiger partial charge in [-0.25, -0.2) is 51.8 Å². The van der Waals surface area contributed by atoms with Crippen molar-refractivity contribution >= 4 is 37.5 Å². The topological polar surface area (TPSA) is 255 Å². The van der Waals surface area contributed by atoms with Crippen LogP contribution in [0.3, 0.4) is 0 Å². The largest absolute Gasteiger partial charge is 0.398 e. The van der Waals surface area contributed by atoms with Gasteiger partial charge < -0.3 is 20.9 Å². The Morgan fingerprint density at radius 1 is 0.688 bits per heavy atom. The van der Waals surface area contributed by atoms with Crippen LogP contribution < -0.4 is 20.9 Å². The average Bonchev–Trinajstić information content (AvgIpc) is 3.77. The number of urea groups is 1. The molecule has 0 aliphatic rings. The highest BCUT2D eigenvalue weighted by molar-refractivity contribution is 7.90. The molecule has 0 saturated heterocycles. The van der Waals surface area contributed by atoms with Crippen molar-refractivity contribution in [1.82, 2.24) is 54.0 Å². The Kier molecular flexibility index (Phi) is 16.8. The van der Waals surface area contributed by atoms with Crippen LogP contribution in [0, 0.1) is 11.6 Å². The van der Waals surface area contributed by atoms with Crippen molar-refractivity contribution in [3.63, 3.8) is 0 Å². The lowest BCUT2D eigenvalue weighted by atomic mass is 9.95. The van der Waals surface area contributed by atoms with Crippen molar-refractivity contribution in [3.8, 4) is 22.3 Å². The Labute approximate surface area is 372 Å². The highest BCUT2D eigenvalue weighted by atomic mass is 32.2.